The molecule has 0 amide bonds. The maximum Gasteiger partial charge on any atom is 0.302 e. The van der Waals surface area contributed by atoms with E-state index < -0.39 is 0 Å². The van der Waals surface area contributed by atoms with Gasteiger partial charge in [-0.2, -0.15) is 0 Å². The van der Waals surface area contributed by atoms with Crippen LogP contribution in [0.3, 0.4) is 0 Å². The van der Waals surface area contributed by atoms with E-state index in [1.54, 1.807) is 0 Å². The summed E-state index contributed by atoms with van der Waals surface area (Å²) in [6.45, 7) is 6.29. The minimum atomic E-state index is -0.201. The molecule has 0 aromatic carbocycles. The fourth-order valence-corrected chi connectivity index (χ4v) is 1.63. The van der Waals surface area contributed by atoms with Gasteiger partial charge in [0, 0.05) is 13.3 Å². The number of aldehydes is 1. The molecule has 3 heteroatoms. The lowest BCUT2D eigenvalue weighted by Crippen LogP contribution is -2.08. The number of rotatable bonds is 9. The third-order valence-electron chi connectivity index (χ3n) is 3.05. The van der Waals surface area contributed by atoms with Crippen LogP contribution in [0.1, 0.15) is 52.9 Å². The number of carbonyl (C=O) groups is 2. The van der Waals surface area contributed by atoms with Crippen LogP contribution >= 0.6 is 0 Å². The predicted molar refractivity (Wildman–Crippen MR) is 64.1 cm³/mol. The second-order valence-electron chi connectivity index (χ2n) is 4.55. The van der Waals surface area contributed by atoms with E-state index in [1.165, 1.54) is 6.92 Å². The third kappa shape index (κ3) is 8.45. The van der Waals surface area contributed by atoms with E-state index in [1.807, 2.05) is 0 Å². The van der Waals surface area contributed by atoms with Crippen LogP contribution in [-0.4, -0.2) is 18.9 Å². The highest BCUT2D eigenvalue weighted by Gasteiger charge is 2.10. The number of unbranched alkanes of at least 4 members (excludes halogenated alkanes) is 2. The maximum atomic E-state index is 10.5. The van der Waals surface area contributed by atoms with Crippen LogP contribution in [0.2, 0.25) is 0 Å². The molecule has 0 rings (SSSR count). The van der Waals surface area contributed by atoms with Gasteiger partial charge in [0.05, 0.1) is 6.61 Å². The summed E-state index contributed by atoms with van der Waals surface area (Å²) in [5, 5.41) is 0. The SMILES string of the molecule is CC(=O)OCCCCC[C@H](C)C(C)CC=O. The molecule has 3 nitrogen and oxygen atoms in total. The normalized spacial score (nSPS) is 14.2. The Bertz CT molecular complexity index is 201. The average molecular weight is 228 g/mol. The quantitative estimate of drug-likeness (QED) is 0.346. The highest BCUT2D eigenvalue weighted by Crippen LogP contribution is 2.20. The van der Waals surface area contributed by atoms with Crippen LogP contribution in [-0.2, 0) is 14.3 Å². The van der Waals surface area contributed by atoms with Gasteiger partial charge in [-0.3, -0.25) is 4.79 Å². The Morgan fingerprint density at radius 3 is 2.44 bits per heavy atom. The van der Waals surface area contributed by atoms with Crippen LogP contribution in [0.25, 0.3) is 0 Å². The molecule has 0 aromatic rings. The second-order valence-corrected chi connectivity index (χ2v) is 4.55. The van der Waals surface area contributed by atoms with Crippen molar-refractivity contribution in [1.82, 2.24) is 0 Å². The summed E-state index contributed by atoms with van der Waals surface area (Å²) in [7, 11) is 0. The predicted octanol–water partition coefficient (Wildman–Crippen LogP) is 2.97. The zero-order chi connectivity index (χ0) is 12.4. The molecular formula is C13H24O3. The number of esters is 1. The Morgan fingerprint density at radius 1 is 1.19 bits per heavy atom. The lowest BCUT2D eigenvalue weighted by molar-refractivity contribution is -0.141. The molecule has 0 N–H and O–H groups in total. The first kappa shape index (κ1) is 15.1. The van der Waals surface area contributed by atoms with Gasteiger partial charge in [0.1, 0.15) is 6.29 Å². The molecule has 0 radical (unpaired) electrons. The van der Waals surface area contributed by atoms with E-state index in [2.05, 4.69) is 13.8 Å². The van der Waals surface area contributed by atoms with Gasteiger partial charge in [-0.15, -0.1) is 0 Å². The van der Waals surface area contributed by atoms with E-state index in [0.717, 1.165) is 32.0 Å². The van der Waals surface area contributed by atoms with Crippen molar-refractivity contribution in [3.63, 3.8) is 0 Å². The number of ether oxygens (including phenoxy) is 1. The lowest BCUT2D eigenvalue weighted by atomic mass is 9.89. The third-order valence-corrected chi connectivity index (χ3v) is 3.05. The fraction of sp³-hybridized carbons (Fsp3) is 0.846. The lowest BCUT2D eigenvalue weighted by Gasteiger charge is -2.17. The van der Waals surface area contributed by atoms with Gasteiger partial charge in [0.25, 0.3) is 0 Å². The van der Waals surface area contributed by atoms with Crippen LogP contribution in [0, 0.1) is 11.8 Å². The fourth-order valence-electron chi connectivity index (χ4n) is 1.63. The molecule has 0 fully saturated rings. The molecule has 0 aromatic heterocycles. The molecule has 0 saturated heterocycles. The molecule has 0 aliphatic carbocycles. The van der Waals surface area contributed by atoms with Crippen LogP contribution in [0.15, 0.2) is 0 Å². The van der Waals surface area contributed by atoms with Crippen LogP contribution < -0.4 is 0 Å². The minimum absolute atomic E-state index is 0.201. The van der Waals surface area contributed by atoms with Crippen molar-refractivity contribution in [3.8, 4) is 0 Å². The number of hydrogen-bond acceptors (Lipinski definition) is 3. The zero-order valence-corrected chi connectivity index (χ0v) is 10.7. The minimum Gasteiger partial charge on any atom is -0.466 e. The van der Waals surface area contributed by atoms with E-state index in [4.69, 9.17) is 4.74 Å². The van der Waals surface area contributed by atoms with Gasteiger partial charge in [0.2, 0.25) is 0 Å². The monoisotopic (exact) mass is 228 g/mol. The molecule has 0 bridgehead atoms. The van der Waals surface area contributed by atoms with Crippen molar-refractivity contribution < 1.29 is 14.3 Å². The molecule has 0 saturated carbocycles. The standard InChI is InChI=1S/C13H24O3/c1-11(12(2)8-9-14)7-5-4-6-10-16-13(3)15/h9,11-12H,4-8,10H2,1-3H3/t11-,12?/m0/s1. The van der Waals surface area contributed by atoms with Crippen molar-refractivity contribution >= 4 is 12.3 Å². The smallest absolute Gasteiger partial charge is 0.302 e. The Morgan fingerprint density at radius 2 is 1.88 bits per heavy atom. The molecular weight excluding hydrogens is 204 g/mol. The Kier molecular flexibility index (Phi) is 8.87. The molecule has 0 spiro atoms. The average Bonchev–Trinajstić information content (AvgIpc) is 2.22. The van der Waals surface area contributed by atoms with Gasteiger partial charge in [-0.25, -0.2) is 0 Å². The molecule has 0 aliphatic rings. The highest BCUT2D eigenvalue weighted by atomic mass is 16.5. The summed E-state index contributed by atoms with van der Waals surface area (Å²) in [5.41, 5.74) is 0. The highest BCUT2D eigenvalue weighted by molar-refractivity contribution is 5.65. The van der Waals surface area contributed by atoms with E-state index in [9.17, 15) is 9.59 Å². The van der Waals surface area contributed by atoms with Gasteiger partial charge < -0.3 is 9.53 Å². The molecule has 2 atom stereocenters. The summed E-state index contributed by atoms with van der Waals surface area (Å²) in [4.78, 5) is 20.8. The van der Waals surface area contributed by atoms with Gasteiger partial charge >= 0.3 is 5.97 Å². The Hall–Kier alpha value is -0.860. The van der Waals surface area contributed by atoms with Crippen LogP contribution in [0.5, 0.6) is 0 Å². The van der Waals surface area contributed by atoms with Gasteiger partial charge in [-0.05, 0) is 18.3 Å². The largest absolute Gasteiger partial charge is 0.466 e. The topological polar surface area (TPSA) is 43.4 Å². The molecule has 16 heavy (non-hydrogen) atoms. The zero-order valence-electron chi connectivity index (χ0n) is 10.7. The van der Waals surface area contributed by atoms with Crippen molar-refractivity contribution in [2.24, 2.45) is 11.8 Å². The summed E-state index contributed by atoms with van der Waals surface area (Å²) >= 11 is 0. The van der Waals surface area contributed by atoms with Crippen molar-refractivity contribution in [2.75, 3.05) is 6.61 Å². The van der Waals surface area contributed by atoms with Crippen molar-refractivity contribution in [3.05, 3.63) is 0 Å². The Balaban J connectivity index is 3.36. The first-order valence-corrected chi connectivity index (χ1v) is 6.15. The maximum absolute atomic E-state index is 10.5. The van der Waals surface area contributed by atoms with Gasteiger partial charge in [-0.1, -0.05) is 33.1 Å². The number of carbonyl (C=O) groups excluding carboxylic acids is 2. The van der Waals surface area contributed by atoms with Crippen LogP contribution in [0.4, 0.5) is 0 Å². The summed E-state index contributed by atoms with van der Waals surface area (Å²) < 4.78 is 4.85. The first-order valence-electron chi connectivity index (χ1n) is 6.15. The molecule has 94 valence electrons. The summed E-state index contributed by atoms with van der Waals surface area (Å²) in [6.07, 6.45) is 5.98. The second kappa shape index (κ2) is 9.37. The molecule has 1 unspecified atom stereocenters. The van der Waals surface area contributed by atoms with E-state index >= 15 is 0 Å². The molecule has 0 heterocycles. The first-order chi connectivity index (χ1) is 7.57. The van der Waals surface area contributed by atoms with E-state index in [-0.39, 0.29) is 5.97 Å². The summed E-state index contributed by atoms with van der Waals surface area (Å²) in [5.74, 6) is 0.873. The number of hydrogen-bond donors (Lipinski definition) is 0. The summed E-state index contributed by atoms with van der Waals surface area (Å²) in [6, 6.07) is 0. The van der Waals surface area contributed by atoms with E-state index in [0.29, 0.717) is 24.9 Å². The van der Waals surface area contributed by atoms with Gasteiger partial charge in [0.15, 0.2) is 0 Å². The molecule has 0 aliphatic heterocycles. The van der Waals surface area contributed by atoms with Crippen molar-refractivity contribution in [2.45, 2.75) is 52.9 Å². The Labute approximate surface area is 98.6 Å². The van der Waals surface area contributed by atoms with Crippen molar-refractivity contribution in [1.29, 1.82) is 0 Å².